The van der Waals surface area contributed by atoms with E-state index in [9.17, 15) is 0 Å². The summed E-state index contributed by atoms with van der Waals surface area (Å²) in [6.07, 6.45) is 7.66. The summed E-state index contributed by atoms with van der Waals surface area (Å²) in [5, 5.41) is 3.91. The third-order valence-corrected chi connectivity index (χ3v) is 3.25. The zero-order valence-electron chi connectivity index (χ0n) is 9.28. The minimum absolute atomic E-state index is 0.0412. The highest BCUT2D eigenvalue weighted by Gasteiger charge is 2.24. The van der Waals surface area contributed by atoms with E-state index in [2.05, 4.69) is 10.1 Å². The number of nitrogens with two attached hydrogens (primary N) is 1. The monoisotopic (exact) mass is 209 g/mol. The highest BCUT2D eigenvalue weighted by molar-refractivity contribution is 4.95. The van der Waals surface area contributed by atoms with Gasteiger partial charge in [-0.15, -0.1) is 0 Å². The molecule has 84 valence electrons. The lowest BCUT2D eigenvalue weighted by Crippen LogP contribution is -2.22. The van der Waals surface area contributed by atoms with E-state index < -0.39 is 0 Å². The molecule has 1 heterocycles. The lowest BCUT2D eigenvalue weighted by molar-refractivity contribution is 0.343. The first-order chi connectivity index (χ1) is 7.27. The summed E-state index contributed by atoms with van der Waals surface area (Å²) in [6.45, 7) is 1.80. The number of nitrogens with zero attached hydrogens (tertiary/aromatic N) is 2. The maximum Gasteiger partial charge on any atom is 0.223 e. The fourth-order valence-electron chi connectivity index (χ4n) is 2.33. The molecule has 0 radical (unpaired) electrons. The van der Waals surface area contributed by atoms with E-state index in [1.807, 2.05) is 0 Å². The third kappa shape index (κ3) is 2.56. The quantitative estimate of drug-likeness (QED) is 0.759. The first-order valence-corrected chi connectivity index (χ1v) is 5.83. The van der Waals surface area contributed by atoms with E-state index in [1.54, 1.807) is 6.92 Å². The van der Waals surface area contributed by atoms with Crippen LogP contribution in [0.3, 0.4) is 0 Å². The molecule has 1 unspecified atom stereocenters. The van der Waals surface area contributed by atoms with Crippen LogP contribution in [-0.4, -0.2) is 10.1 Å². The second-order valence-corrected chi connectivity index (χ2v) is 4.45. The zero-order valence-corrected chi connectivity index (χ0v) is 9.28. The van der Waals surface area contributed by atoms with Crippen molar-refractivity contribution in [1.82, 2.24) is 10.1 Å². The van der Waals surface area contributed by atoms with Crippen molar-refractivity contribution in [1.29, 1.82) is 0 Å². The van der Waals surface area contributed by atoms with Gasteiger partial charge >= 0.3 is 0 Å². The molecule has 0 aliphatic heterocycles. The maximum atomic E-state index is 6.17. The van der Waals surface area contributed by atoms with Crippen molar-refractivity contribution in [2.24, 2.45) is 11.7 Å². The van der Waals surface area contributed by atoms with Crippen molar-refractivity contribution in [3.05, 3.63) is 11.7 Å². The molecule has 1 atom stereocenters. The standard InChI is InChI=1S/C11H19N3O/c1-8-13-11(14-15-8)10(12)9-6-4-2-3-5-7-9/h9-10H,2-7,12H2,1H3. The van der Waals surface area contributed by atoms with Gasteiger partial charge in [0.25, 0.3) is 0 Å². The van der Waals surface area contributed by atoms with Crippen LogP contribution >= 0.6 is 0 Å². The molecule has 1 aliphatic rings. The Morgan fingerprint density at radius 2 is 1.93 bits per heavy atom. The summed E-state index contributed by atoms with van der Waals surface area (Å²) < 4.78 is 4.97. The van der Waals surface area contributed by atoms with Crippen LogP contribution in [0, 0.1) is 12.8 Å². The van der Waals surface area contributed by atoms with Gasteiger partial charge in [0.2, 0.25) is 5.89 Å². The Kier molecular flexibility index (Phi) is 3.36. The first kappa shape index (κ1) is 10.6. The summed E-state index contributed by atoms with van der Waals surface area (Å²) in [6, 6.07) is -0.0412. The molecule has 4 nitrogen and oxygen atoms in total. The van der Waals surface area contributed by atoms with Crippen LogP contribution in [0.2, 0.25) is 0 Å². The fraction of sp³-hybridized carbons (Fsp3) is 0.818. The Morgan fingerprint density at radius 3 is 2.47 bits per heavy atom. The minimum Gasteiger partial charge on any atom is -0.340 e. The van der Waals surface area contributed by atoms with E-state index >= 15 is 0 Å². The molecule has 15 heavy (non-hydrogen) atoms. The minimum atomic E-state index is -0.0412. The summed E-state index contributed by atoms with van der Waals surface area (Å²) in [4.78, 5) is 4.21. The topological polar surface area (TPSA) is 64.9 Å². The number of rotatable bonds is 2. The van der Waals surface area contributed by atoms with Crippen molar-refractivity contribution < 1.29 is 4.52 Å². The van der Waals surface area contributed by atoms with Crippen LogP contribution in [-0.2, 0) is 0 Å². The molecule has 1 aromatic heterocycles. The Balaban J connectivity index is 2.02. The Bertz CT molecular complexity index is 303. The van der Waals surface area contributed by atoms with Crippen LogP contribution in [0.25, 0.3) is 0 Å². The van der Waals surface area contributed by atoms with Crippen molar-refractivity contribution in [2.45, 2.75) is 51.5 Å². The largest absolute Gasteiger partial charge is 0.340 e. The van der Waals surface area contributed by atoms with Gasteiger partial charge in [-0.3, -0.25) is 0 Å². The fourth-order valence-corrected chi connectivity index (χ4v) is 2.33. The van der Waals surface area contributed by atoms with Crippen LogP contribution in [0.4, 0.5) is 0 Å². The molecular formula is C11H19N3O. The molecular weight excluding hydrogens is 190 g/mol. The van der Waals surface area contributed by atoms with Gasteiger partial charge in [0, 0.05) is 6.92 Å². The lowest BCUT2D eigenvalue weighted by atomic mass is 9.92. The van der Waals surface area contributed by atoms with E-state index in [0.717, 1.165) is 0 Å². The zero-order chi connectivity index (χ0) is 10.7. The summed E-state index contributed by atoms with van der Waals surface area (Å²) in [5.74, 6) is 1.82. The van der Waals surface area contributed by atoms with Crippen LogP contribution < -0.4 is 5.73 Å². The second kappa shape index (κ2) is 4.75. The van der Waals surface area contributed by atoms with Gasteiger partial charge in [-0.1, -0.05) is 30.8 Å². The molecule has 0 bridgehead atoms. The highest BCUT2D eigenvalue weighted by Crippen LogP contribution is 2.30. The molecule has 0 amide bonds. The van der Waals surface area contributed by atoms with Crippen molar-refractivity contribution >= 4 is 0 Å². The summed E-state index contributed by atoms with van der Waals surface area (Å²) >= 11 is 0. The van der Waals surface area contributed by atoms with Gasteiger partial charge in [0.1, 0.15) is 0 Å². The Labute approximate surface area is 90.2 Å². The third-order valence-electron chi connectivity index (χ3n) is 3.25. The summed E-state index contributed by atoms with van der Waals surface area (Å²) in [7, 11) is 0. The number of hydrogen-bond acceptors (Lipinski definition) is 4. The van der Waals surface area contributed by atoms with Gasteiger partial charge in [0.05, 0.1) is 6.04 Å². The smallest absolute Gasteiger partial charge is 0.223 e. The molecule has 0 spiro atoms. The molecule has 1 aliphatic carbocycles. The Hall–Kier alpha value is -0.900. The van der Waals surface area contributed by atoms with Gasteiger partial charge in [-0.05, 0) is 18.8 Å². The average Bonchev–Trinajstić information content (AvgIpc) is 2.53. The summed E-state index contributed by atoms with van der Waals surface area (Å²) in [5.41, 5.74) is 6.17. The van der Waals surface area contributed by atoms with E-state index in [0.29, 0.717) is 17.6 Å². The molecule has 1 saturated carbocycles. The SMILES string of the molecule is Cc1nc(C(N)C2CCCCCC2)no1. The normalized spacial score (nSPS) is 21.2. The second-order valence-electron chi connectivity index (χ2n) is 4.45. The van der Waals surface area contributed by atoms with E-state index in [4.69, 9.17) is 10.3 Å². The van der Waals surface area contributed by atoms with Crippen LogP contribution in [0.1, 0.15) is 56.3 Å². The van der Waals surface area contributed by atoms with Gasteiger partial charge < -0.3 is 10.3 Å². The first-order valence-electron chi connectivity index (χ1n) is 5.83. The highest BCUT2D eigenvalue weighted by atomic mass is 16.5. The average molecular weight is 209 g/mol. The molecule has 0 saturated heterocycles. The van der Waals surface area contributed by atoms with E-state index in [-0.39, 0.29) is 6.04 Å². The molecule has 1 fully saturated rings. The lowest BCUT2D eigenvalue weighted by Gasteiger charge is -2.18. The molecule has 1 aromatic rings. The van der Waals surface area contributed by atoms with E-state index in [1.165, 1.54) is 38.5 Å². The van der Waals surface area contributed by atoms with Gasteiger partial charge in [0.15, 0.2) is 5.82 Å². The van der Waals surface area contributed by atoms with Crippen LogP contribution in [0.5, 0.6) is 0 Å². The number of aromatic nitrogens is 2. The van der Waals surface area contributed by atoms with Crippen molar-refractivity contribution in [3.63, 3.8) is 0 Å². The van der Waals surface area contributed by atoms with Crippen LogP contribution in [0.15, 0.2) is 4.52 Å². The molecule has 0 aromatic carbocycles. The van der Waals surface area contributed by atoms with Crippen molar-refractivity contribution in [2.75, 3.05) is 0 Å². The predicted molar refractivity (Wildman–Crippen MR) is 57.2 cm³/mol. The number of aryl methyl sites for hydroxylation is 1. The van der Waals surface area contributed by atoms with Gasteiger partial charge in [-0.25, -0.2) is 0 Å². The number of hydrogen-bond donors (Lipinski definition) is 1. The molecule has 4 heteroatoms. The Morgan fingerprint density at radius 1 is 1.27 bits per heavy atom. The molecule has 2 N–H and O–H groups in total. The van der Waals surface area contributed by atoms with Crippen molar-refractivity contribution in [3.8, 4) is 0 Å². The molecule has 2 rings (SSSR count). The predicted octanol–water partition coefficient (Wildman–Crippen LogP) is 2.35. The maximum absolute atomic E-state index is 6.17. The van der Waals surface area contributed by atoms with Gasteiger partial charge in [-0.2, -0.15) is 4.98 Å².